The van der Waals surface area contributed by atoms with Gasteiger partial charge in [-0.15, -0.1) is 0 Å². The van der Waals surface area contributed by atoms with E-state index in [4.69, 9.17) is 27.6 Å². The minimum absolute atomic E-state index is 0.607. The Bertz CT molecular complexity index is 527. The van der Waals surface area contributed by atoms with Crippen molar-refractivity contribution in [2.24, 2.45) is 0 Å². The molecule has 1 heterocycles. The summed E-state index contributed by atoms with van der Waals surface area (Å²) in [6.07, 6.45) is 2.05. The SMILES string of the molecule is CSCc1ccc(CNc2ccc(Cl)cc2Cl)o1. The minimum atomic E-state index is 0.607. The molecule has 1 aromatic carbocycles. The van der Waals surface area contributed by atoms with Gasteiger partial charge in [0.15, 0.2) is 0 Å². The van der Waals surface area contributed by atoms with Crippen LogP contribution in [0.15, 0.2) is 34.7 Å². The van der Waals surface area contributed by atoms with Crippen LogP contribution in [0.25, 0.3) is 0 Å². The van der Waals surface area contributed by atoms with Gasteiger partial charge < -0.3 is 9.73 Å². The molecule has 2 aromatic rings. The molecule has 0 fully saturated rings. The second-order valence-electron chi connectivity index (χ2n) is 3.78. The van der Waals surface area contributed by atoms with Gasteiger partial charge >= 0.3 is 0 Å². The summed E-state index contributed by atoms with van der Waals surface area (Å²) in [5.74, 6) is 2.77. The molecule has 5 heteroatoms. The summed E-state index contributed by atoms with van der Waals surface area (Å²) in [5, 5.41) is 4.46. The van der Waals surface area contributed by atoms with Crippen molar-refractivity contribution in [2.45, 2.75) is 12.3 Å². The van der Waals surface area contributed by atoms with E-state index in [1.54, 1.807) is 23.9 Å². The van der Waals surface area contributed by atoms with Crippen molar-refractivity contribution < 1.29 is 4.42 Å². The Balaban J connectivity index is 1.97. The van der Waals surface area contributed by atoms with Gasteiger partial charge in [0.2, 0.25) is 0 Å². The van der Waals surface area contributed by atoms with Gasteiger partial charge in [-0.2, -0.15) is 11.8 Å². The predicted octanol–water partition coefficient (Wildman–Crippen LogP) is 5.06. The monoisotopic (exact) mass is 301 g/mol. The molecule has 18 heavy (non-hydrogen) atoms. The Morgan fingerprint density at radius 2 is 1.94 bits per heavy atom. The lowest BCUT2D eigenvalue weighted by molar-refractivity contribution is 0.487. The van der Waals surface area contributed by atoms with Gasteiger partial charge in [0, 0.05) is 5.02 Å². The first-order chi connectivity index (χ1) is 8.69. The second kappa shape index (κ2) is 6.41. The molecule has 2 nitrogen and oxygen atoms in total. The van der Waals surface area contributed by atoms with Crippen LogP contribution in [0.5, 0.6) is 0 Å². The molecule has 0 saturated heterocycles. The van der Waals surface area contributed by atoms with Crippen molar-refractivity contribution in [3.8, 4) is 0 Å². The highest BCUT2D eigenvalue weighted by atomic mass is 35.5. The molecular weight excluding hydrogens is 289 g/mol. The molecular formula is C13H13Cl2NOS. The average molecular weight is 302 g/mol. The van der Waals surface area contributed by atoms with Crippen molar-refractivity contribution in [3.05, 3.63) is 51.9 Å². The predicted molar refractivity (Wildman–Crippen MR) is 79.7 cm³/mol. The maximum absolute atomic E-state index is 6.07. The molecule has 0 atom stereocenters. The Hall–Kier alpha value is -0.770. The van der Waals surface area contributed by atoms with E-state index in [1.807, 2.05) is 24.5 Å². The highest BCUT2D eigenvalue weighted by Gasteiger charge is 2.04. The lowest BCUT2D eigenvalue weighted by Gasteiger charge is -2.06. The lowest BCUT2D eigenvalue weighted by Crippen LogP contribution is -1.98. The summed E-state index contributed by atoms with van der Waals surface area (Å²) in [4.78, 5) is 0. The van der Waals surface area contributed by atoms with Crippen LogP contribution in [-0.4, -0.2) is 6.26 Å². The molecule has 0 unspecified atom stereocenters. The molecule has 1 N–H and O–H groups in total. The fraction of sp³-hybridized carbons (Fsp3) is 0.231. The molecule has 0 aliphatic carbocycles. The number of furan rings is 1. The van der Waals surface area contributed by atoms with Crippen LogP contribution in [0.4, 0.5) is 5.69 Å². The van der Waals surface area contributed by atoms with E-state index in [0.717, 1.165) is 23.0 Å². The fourth-order valence-electron chi connectivity index (χ4n) is 1.55. The first-order valence-electron chi connectivity index (χ1n) is 5.44. The molecule has 0 spiro atoms. The summed E-state index contributed by atoms with van der Waals surface area (Å²) in [7, 11) is 0. The smallest absolute Gasteiger partial charge is 0.123 e. The van der Waals surface area contributed by atoms with Crippen molar-refractivity contribution in [1.29, 1.82) is 0 Å². The van der Waals surface area contributed by atoms with Crippen molar-refractivity contribution >= 4 is 40.7 Å². The Labute approximate surface area is 121 Å². The number of anilines is 1. The largest absolute Gasteiger partial charge is 0.463 e. The van der Waals surface area contributed by atoms with Crippen LogP contribution >= 0.6 is 35.0 Å². The van der Waals surface area contributed by atoms with E-state index < -0.39 is 0 Å². The lowest BCUT2D eigenvalue weighted by atomic mass is 10.3. The molecule has 0 saturated carbocycles. The van der Waals surface area contributed by atoms with Crippen LogP contribution in [0, 0.1) is 0 Å². The molecule has 1 aromatic heterocycles. The van der Waals surface area contributed by atoms with Crippen LogP contribution in [0.3, 0.4) is 0 Å². The summed E-state index contributed by atoms with van der Waals surface area (Å²) >= 11 is 13.6. The van der Waals surface area contributed by atoms with Crippen molar-refractivity contribution in [3.63, 3.8) is 0 Å². The number of halogens is 2. The van der Waals surface area contributed by atoms with Crippen molar-refractivity contribution in [2.75, 3.05) is 11.6 Å². The average Bonchev–Trinajstić information content (AvgIpc) is 2.76. The van der Waals surface area contributed by atoms with Gasteiger partial charge in [-0.1, -0.05) is 23.2 Å². The molecule has 0 aliphatic heterocycles. The van der Waals surface area contributed by atoms with Gasteiger partial charge in [-0.3, -0.25) is 0 Å². The van der Waals surface area contributed by atoms with Crippen LogP contribution < -0.4 is 5.32 Å². The highest BCUT2D eigenvalue weighted by Crippen LogP contribution is 2.26. The highest BCUT2D eigenvalue weighted by molar-refractivity contribution is 7.97. The normalized spacial score (nSPS) is 10.6. The molecule has 0 radical (unpaired) electrons. The van der Waals surface area contributed by atoms with Gasteiger partial charge in [-0.05, 0) is 36.6 Å². The van der Waals surface area contributed by atoms with E-state index in [0.29, 0.717) is 16.6 Å². The molecule has 2 rings (SSSR count). The summed E-state index contributed by atoms with van der Waals surface area (Å²) in [6.45, 7) is 0.607. The van der Waals surface area contributed by atoms with Crippen LogP contribution in [0.2, 0.25) is 10.0 Å². The Morgan fingerprint density at radius 1 is 1.17 bits per heavy atom. The summed E-state index contributed by atoms with van der Waals surface area (Å²) < 4.78 is 5.66. The molecule has 0 aliphatic rings. The first kappa shape index (κ1) is 13.7. The topological polar surface area (TPSA) is 25.2 Å². The number of hydrogen-bond acceptors (Lipinski definition) is 3. The van der Waals surface area contributed by atoms with Crippen LogP contribution in [-0.2, 0) is 12.3 Å². The maximum Gasteiger partial charge on any atom is 0.123 e. The number of rotatable bonds is 5. The first-order valence-corrected chi connectivity index (χ1v) is 7.59. The molecule has 0 amide bonds. The van der Waals surface area contributed by atoms with E-state index in [-0.39, 0.29) is 0 Å². The van der Waals surface area contributed by atoms with Crippen LogP contribution in [0.1, 0.15) is 11.5 Å². The summed E-state index contributed by atoms with van der Waals surface area (Å²) in [5.41, 5.74) is 0.851. The van der Waals surface area contributed by atoms with Crippen molar-refractivity contribution in [1.82, 2.24) is 0 Å². The van der Waals surface area contributed by atoms with Gasteiger partial charge in [0.1, 0.15) is 11.5 Å². The quantitative estimate of drug-likeness (QED) is 0.835. The third kappa shape index (κ3) is 3.61. The Kier molecular flexibility index (Phi) is 4.87. The molecule has 0 bridgehead atoms. The van der Waals surface area contributed by atoms with E-state index in [9.17, 15) is 0 Å². The van der Waals surface area contributed by atoms with E-state index in [1.165, 1.54) is 0 Å². The number of nitrogens with one attached hydrogen (secondary N) is 1. The standard InChI is InChI=1S/C13H13Cl2NOS/c1-18-8-11-4-3-10(17-11)7-16-13-5-2-9(14)6-12(13)15/h2-6,16H,7-8H2,1H3. The molecule has 96 valence electrons. The van der Waals surface area contributed by atoms with Gasteiger partial charge in [-0.25, -0.2) is 0 Å². The fourth-order valence-corrected chi connectivity index (χ4v) is 2.47. The van der Waals surface area contributed by atoms with Gasteiger partial charge in [0.25, 0.3) is 0 Å². The zero-order valence-electron chi connectivity index (χ0n) is 9.87. The Morgan fingerprint density at radius 3 is 2.67 bits per heavy atom. The maximum atomic E-state index is 6.07. The number of hydrogen-bond donors (Lipinski definition) is 1. The number of benzene rings is 1. The number of thioether (sulfide) groups is 1. The van der Waals surface area contributed by atoms with E-state index in [2.05, 4.69) is 5.32 Å². The zero-order chi connectivity index (χ0) is 13.0. The summed E-state index contributed by atoms with van der Waals surface area (Å²) in [6, 6.07) is 9.35. The van der Waals surface area contributed by atoms with E-state index >= 15 is 0 Å². The van der Waals surface area contributed by atoms with Gasteiger partial charge in [0.05, 0.1) is 23.0 Å². The zero-order valence-corrected chi connectivity index (χ0v) is 12.2. The minimum Gasteiger partial charge on any atom is -0.463 e. The second-order valence-corrected chi connectivity index (χ2v) is 5.49. The third-order valence-corrected chi connectivity index (χ3v) is 3.51. The third-order valence-electron chi connectivity index (χ3n) is 2.39.